The topological polar surface area (TPSA) is 32.3 Å². The van der Waals surface area contributed by atoms with E-state index in [0.29, 0.717) is 6.42 Å². The number of amides is 1. The first-order chi connectivity index (χ1) is 7.61. The normalized spacial score (nSPS) is 10.8. The van der Waals surface area contributed by atoms with Crippen LogP contribution in [0.4, 0.5) is 0 Å². The van der Waals surface area contributed by atoms with E-state index in [-0.39, 0.29) is 5.91 Å². The molecule has 0 aromatic heterocycles. The van der Waals surface area contributed by atoms with E-state index >= 15 is 0 Å². The SMILES string of the molecule is CCN(CC)C(=O)CCCNCCC(C)C. The minimum Gasteiger partial charge on any atom is -0.343 e. The van der Waals surface area contributed by atoms with Gasteiger partial charge in [0.25, 0.3) is 0 Å². The van der Waals surface area contributed by atoms with Crippen LogP contribution in [0.25, 0.3) is 0 Å². The highest BCUT2D eigenvalue weighted by atomic mass is 16.2. The third-order valence-electron chi connectivity index (χ3n) is 2.76. The van der Waals surface area contributed by atoms with Crippen molar-refractivity contribution in [2.45, 2.75) is 47.0 Å². The van der Waals surface area contributed by atoms with Gasteiger partial charge in [0.2, 0.25) is 5.91 Å². The zero-order chi connectivity index (χ0) is 12.4. The number of hydrogen-bond acceptors (Lipinski definition) is 2. The van der Waals surface area contributed by atoms with Crippen LogP contribution in [0.5, 0.6) is 0 Å². The van der Waals surface area contributed by atoms with Crippen molar-refractivity contribution in [1.29, 1.82) is 0 Å². The zero-order valence-electron chi connectivity index (χ0n) is 11.4. The molecule has 3 heteroatoms. The van der Waals surface area contributed by atoms with Crippen LogP contribution in [-0.4, -0.2) is 37.0 Å². The van der Waals surface area contributed by atoms with Crippen LogP contribution in [0, 0.1) is 5.92 Å². The molecule has 0 aliphatic rings. The smallest absolute Gasteiger partial charge is 0.222 e. The third kappa shape index (κ3) is 7.69. The Morgan fingerprint density at radius 1 is 1.19 bits per heavy atom. The van der Waals surface area contributed by atoms with Gasteiger partial charge < -0.3 is 10.2 Å². The summed E-state index contributed by atoms with van der Waals surface area (Å²) in [5, 5.41) is 3.38. The van der Waals surface area contributed by atoms with Gasteiger partial charge in [0.15, 0.2) is 0 Å². The van der Waals surface area contributed by atoms with E-state index < -0.39 is 0 Å². The van der Waals surface area contributed by atoms with E-state index in [1.165, 1.54) is 6.42 Å². The molecule has 96 valence electrons. The van der Waals surface area contributed by atoms with E-state index in [2.05, 4.69) is 19.2 Å². The predicted octanol–water partition coefficient (Wildman–Crippen LogP) is 2.27. The molecular weight excluding hydrogens is 200 g/mol. The molecule has 0 aromatic carbocycles. The highest BCUT2D eigenvalue weighted by Gasteiger charge is 2.07. The summed E-state index contributed by atoms with van der Waals surface area (Å²) in [5.41, 5.74) is 0. The van der Waals surface area contributed by atoms with Gasteiger partial charge in [-0.3, -0.25) is 4.79 Å². The average Bonchev–Trinajstić information content (AvgIpc) is 2.24. The molecule has 0 atom stereocenters. The van der Waals surface area contributed by atoms with Crippen LogP contribution in [-0.2, 0) is 4.79 Å². The molecule has 0 fully saturated rings. The molecule has 0 spiro atoms. The summed E-state index contributed by atoms with van der Waals surface area (Å²) in [5.74, 6) is 1.04. The van der Waals surface area contributed by atoms with Crippen molar-refractivity contribution in [3.05, 3.63) is 0 Å². The molecule has 1 amide bonds. The Labute approximate surface area is 101 Å². The molecular formula is C13H28N2O. The quantitative estimate of drug-likeness (QED) is 0.614. The Morgan fingerprint density at radius 3 is 2.31 bits per heavy atom. The molecule has 0 radical (unpaired) electrons. The van der Waals surface area contributed by atoms with Gasteiger partial charge in [-0.05, 0) is 45.7 Å². The molecule has 0 aromatic rings. The van der Waals surface area contributed by atoms with Crippen molar-refractivity contribution in [3.63, 3.8) is 0 Å². The predicted molar refractivity (Wildman–Crippen MR) is 69.5 cm³/mol. The number of hydrogen-bond donors (Lipinski definition) is 1. The van der Waals surface area contributed by atoms with E-state index in [9.17, 15) is 4.79 Å². The van der Waals surface area contributed by atoms with Crippen molar-refractivity contribution >= 4 is 5.91 Å². The second kappa shape index (κ2) is 9.64. The van der Waals surface area contributed by atoms with Gasteiger partial charge in [0.05, 0.1) is 0 Å². The number of nitrogens with one attached hydrogen (secondary N) is 1. The van der Waals surface area contributed by atoms with Gasteiger partial charge in [0.1, 0.15) is 0 Å². The lowest BCUT2D eigenvalue weighted by atomic mass is 10.1. The lowest BCUT2D eigenvalue weighted by Gasteiger charge is -2.18. The van der Waals surface area contributed by atoms with Gasteiger partial charge in [-0.2, -0.15) is 0 Å². The van der Waals surface area contributed by atoms with E-state index in [1.54, 1.807) is 0 Å². The van der Waals surface area contributed by atoms with Crippen molar-refractivity contribution < 1.29 is 4.79 Å². The van der Waals surface area contributed by atoms with Gasteiger partial charge in [-0.15, -0.1) is 0 Å². The summed E-state index contributed by atoms with van der Waals surface area (Å²) in [6.07, 6.45) is 2.84. The van der Waals surface area contributed by atoms with E-state index in [4.69, 9.17) is 0 Å². The molecule has 3 nitrogen and oxygen atoms in total. The summed E-state index contributed by atoms with van der Waals surface area (Å²) in [7, 11) is 0. The number of carbonyl (C=O) groups excluding carboxylic acids is 1. The Bertz CT molecular complexity index is 177. The number of rotatable bonds is 9. The van der Waals surface area contributed by atoms with Crippen molar-refractivity contribution in [2.24, 2.45) is 5.92 Å². The summed E-state index contributed by atoms with van der Waals surface area (Å²) in [6, 6.07) is 0. The van der Waals surface area contributed by atoms with Gasteiger partial charge in [-0.1, -0.05) is 13.8 Å². The first kappa shape index (κ1) is 15.4. The largest absolute Gasteiger partial charge is 0.343 e. The highest BCUT2D eigenvalue weighted by molar-refractivity contribution is 5.76. The fraction of sp³-hybridized carbons (Fsp3) is 0.923. The Kier molecular flexibility index (Phi) is 9.30. The van der Waals surface area contributed by atoms with Crippen LogP contribution >= 0.6 is 0 Å². The fourth-order valence-electron chi connectivity index (χ4n) is 1.61. The first-order valence-electron chi connectivity index (χ1n) is 6.60. The van der Waals surface area contributed by atoms with Gasteiger partial charge in [-0.25, -0.2) is 0 Å². The fourth-order valence-corrected chi connectivity index (χ4v) is 1.61. The molecule has 1 N–H and O–H groups in total. The summed E-state index contributed by atoms with van der Waals surface area (Å²) >= 11 is 0. The maximum Gasteiger partial charge on any atom is 0.222 e. The van der Waals surface area contributed by atoms with Gasteiger partial charge in [0, 0.05) is 19.5 Å². The Morgan fingerprint density at radius 2 is 1.81 bits per heavy atom. The van der Waals surface area contributed by atoms with Crippen molar-refractivity contribution in [3.8, 4) is 0 Å². The Hall–Kier alpha value is -0.570. The zero-order valence-corrected chi connectivity index (χ0v) is 11.4. The molecule has 0 rings (SSSR count). The summed E-state index contributed by atoms with van der Waals surface area (Å²) in [4.78, 5) is 13.5. The van der Waals surface area contributed by atoms with Crippen LogP contribution in [0.15, 0.2) is 0 Å². The highest BCUT2D eigenvalue weighted by Crippen LogP contribution is 1.98. The molecule has 16 heavy (non-hydrogen) atoms. The Balaban J connectivity index is 3.40. The van der Waals surface area contributed by atoms with Crippen molar-refractivity contribution in [2.75, 3.05) is 26.2 Å². The standard InChI is InChI=1S/C13H28N2O/c1-5-15(6-2)13(16)8-7-10-14-11-9-12(3)4/h12,14H,5-11H2,1-4H3. The molecule has 0 aliphatic heterocycles. The second-order valence-corrected chi connectivity index (χ2v) is 4.60. The summed E-state index contributed by atoms with van der Waals surface area (Å²) < 4.78 is 0. The molecule has 0 heterocycles. The van der Waals surface area contributed by atoms with Gasteiger partial charge >= 0.3 is 0 Å². The molecule has 0 aliphatic carbocycles. The van der Waals surface area contributed by atoms with Crippen LogP contribution in [0.3, 0.4) is 0 Å². The average molecular weight is 228 g/mol. The van der Waals surface area contributed by atoms with Crippen molar-refractivity contribution in [1.82, 2.24) is 10.2 Å². The van der Waals surface area contributed by atoms with E-state index in [0.717, 1.165) is 38.5 Å². The number of carbonyl (C=O) groups is 1. The molecule has 0 unspecified atom stereocenters. The maximum atomic E-state index is 11.6. The molecule has 0 saturated carbocycles. The molecule has 0 saturated heterocycles. The lowest BCUT2D eigenvalue weighted by Crippen LogP contribution is -2.31. The lowest BCUT2D eigenvalue weighted by molar-refractivity contribution is -0.130. The maximum absolute atomic E-state index is 11.6. The first-order valence-corrected chi connectivity index (χ1v) is 6.60. The van der Waals surface area contributed by atoms with E-state index in [1.807, 2.05) is 18.7 Å². The minimum atomic E-state index is 0.288. The van der Waals surface area contributed by atoms with Crippen LogP contribution < -0.4 is 5.32 Å². The number of nitrogens with zero attached hydrogens (tertiary/aromatic N) is 1. The third-order valence-corrected chi connectivity index (χ3v) is 2.76. The minimum absolute atomic E-state index is 0.288. The summed E-state index contributed by atoms with van der Waals surface area (Å²) in [6.45, 7) is 12.2. The van der Waals surface area contributed by atoms with Crippen LogP contribution in [0.1, 0.15) is 47.0 Å². The second-order valence-electron chi connectivity index (χ2n) is 4.60. The molecule has 0 bridgehead atoms. The monoisotopic (exact) mass is 228 g/mol. The van der Waals surface area contributed by atoms with Crippen LogP contribution in [0.2, 0.25) is 0 Å².